The lowest BCUT2D eigenvalue weighted by molar-refractivity contribution is -0.161. The van der Waals surface area contributed by atoms with E-state index < -0.39 is 5.60 Å². The van der Waals surface area contributed by atoms with Crippen molar-refractivity contribution in [2.75, 3.05) is 6.61 Å². The van der Waals surface area contributed by atoms with E-state index in [1.807, 2.05) is 6.92 Å². The van der Waals surface area contributed by atoms with Gasteiger partial charge in [0.25, 0.3) is 0 Å². The third-order valence-electron chi connectivity index (χ3n) is 2.10. The molecule has 1 aliphatic heterocycles. The largest absolute Gasteiger partial charge is 0.457 e. The van der Waals surface area contributed by atoms with Crippen molar-refractivity contribution in [1.82, 2.24) is 0 Å². The molecule has 0 spiro atoms. The van der Waals surface area contributed by atoms with Gasteiger partial charge in [0, 0.05) is 6.92 Å². The second kappa shape index (κ2) is 4.42. The number of hydrogen-bond acceptors (Lipinski definition) is 3. The molecule has 1 aliphatic rings. The van der Waals surface area contributed by atoms with Crippen molar-refractivity contribution < 1.29 is 14.3 Å². The van der Waals surface area contributed by atoms with Gasteiger partial charge < -0.3 is 9.47 Å². The first-order valence-corrected chi connectivity index (χ1v) is 5.39. The van der Waals surface area contributed by atoms with Gasteiger partial charge in [-0.25, -0.2) is 0 Å². The number of rotatable bonds is 1. The number of halogens is 1. The SMILES string of the molecule is CC(=O)OC1(C)CCCC(Br)OC1. The van der Waals surface area contributed by atoms with Gasteiger partial charge in [0.05, 0.1) is 6.61 Å². The van der Waals surface area contributed by atoms with Crippen LogP contribution in [0, 0.1) is 0 Å². The van der Waals surface area contributed by atoms with Crippen molar-refractivity contribution in [2.24, 2.45) is 0 Å². The minimum Gasteiger partial charge on any atom is -0.457 e. The van der Waals surface area contributed by atoms with Crippen LogP contribution >= 0.6 is 15.9 Å². The minimum absolute atomic E-state index is 0.102. The zero-order valence-corrected chi connectivity index (χ0v) is 9.59. The molecule has 1 saturated heterocycles. The summed E-state index contributed by atoms with van der Waals surface area (Å²) in [6.45, 7) is 3.82. The lowest BCUT2D eigenvalue weighted by atomic mass is 10.0. The Hall–Kier alpha value is -0.0900. The number of esters is 1. The van der Waals surface area contributed by atoms with Gasteiger partial charge >= 0.3 is 5.97 Å². The fourth-order valence-corrected chi connectivity index (χ4v) is 1.94. The predicted molar refractivity (Wildman–Crippen MR) is 52.7 cm³/mol. The maximum Gasteiger partial charge on any atom is 0.303 e. The molecule has 1 fully saturated rings. The van der Waals surface area contributed by atoms with Gasteiger partial charge in [0.2, 0.25) is 0 Å². The zero-order chi connectivity index (χ0) is 9.90. The molecule has 0 aromatic heterocycles. The third kappa shape index (κ3) is 3.65. The zero-order valence-electron chi connectivity index (χ0n) is 8.01. The molecule has 2 unspecified atom stereocenters. The Morgan fingerprint density at radius 1 is 1.69 bits per heavy atom. The van der Waals surface area contributed by atoms with Gasteiger partial charge in [-0.2, -0.15) is 0 Å². The van der Waals surface area contributed by atoms with Crippen LogP contribution in [-0.4, -0.2) is 23.2 Å². The number of ether oxygens (including phenoxy) is 2. The van der Waals surface area contributed by atoms with E-state index in [4.69, 9.17) is 9.47 Å². The van der Waals surface area contributed by atoms with Crippen LogP contribution in [-0.2, 0) is 14.3 Å². The van der Waals surface area contributed by atoms with E-state index in [1.165, 1.54) is 6.92 Å². The Morgan fingerprint density at radius 2 is 2.38 bits per heavy atom. The minimum atomic E-state index is -0.436. The van der Waals surface area contributed by atoms with Crippen LogP contribution < -0.4 is 0 Å². The summed E-state index contributed by atoms with van der Waals surface area (Å²) in [5, 5.41) is 0.102. The summed E-state index contributed by atoms with van der Waals surface area (Å²) >= 11 is 3.39. The fourth-order valence-electron chi connectivity index (χ4n) is 1.49. The van der Waals surface area contributed by atoms with Crippen molar-refractivity contribution in [3.8, 4) is 0 Å². The Labute approximate surface area is 86.9 Å². The smallest absolute Gasteiger partial charge is 0.303 e. The monoisotopic (exact) mass is 250 g/mol. The van der Waals surface area contributed by atoms with Crippen molar-refractivity contribution in [3.63, 3.8) is 0 Å². The summed E-state index contributed by atoms with van der Waals surface area (Å²) in [4.78, 5) is 10.8. The topological polar surface area (TPSA) is 35.5 Å². The molecule has 1 heterocycles. The van der Waals surface area contributed by atoms with Crippen molar-refractivity contribution in [3.05, 3.63) is 0 Å². The van der Waals surface area contributed by atoms with E-state index in [2.05, 4.69) is 15.9 Å². The summed E-state index contributed by atoms with van der Waals surface area (Å²) in [6.07, 6.45) is 2.85. The molecule has 13 heavy (non-hydrogen) atoms. The number of carbonyl (C=O) groups is 1. The van der Waals surface area contributed by atoms with Crippen LogP contribution in [0.3, 0.4) is 0 Å². The second-order valence-corrected chi connectivity index (χ2v) is 4.68. The lowest BCUT2D eigenvalue weighted by Gasteiger charge is -2.26. The average molecular weight is 251 g/mol. The van der Waals surface area contributed by atoms with Gasteiger partial charge in [0.1, 0.15) is 10.6 Å². The van der Waals surface area contributed by atoms with E-state index in [1.54, 1.807) is 0 Å². The van der Waals surface area contributed by atoms with Gasteiger partial charge in [-0.05, 0) is 26.2 Å². The summed E-state index contributed by atoms with van der Waals surface area (Å²) in [7, 11) is 0. The predicted octanol–water partition coefficient (Wildman–Crippen LogP) is 2.23. The highest BCUT2D eigenvalue weighted by Gasteiger charge is 2.31. The third-order valence-corrected chi connectivity index (χ3v) is 2.82. The number of carbonyl (C=O) groups excluding carboxylic acids is 1. The molecular weight excluding hydrogens is 236 g/mol. The Bertz CT molecular complexity index is 195. The molecule has 0 N–H and O–H groups in total. The maximum atomic E-state index is 10.8. The number of alkyl halides is 1. The quantitative estimate of drug-likeness (QED) is 0.529. The molecule has 4 heteroatoms. The molecular formula is C9H15BrO3. The van der Waals surface area contributed by atoms with Crippen molar-refractivity contribution in [1.29, 1.82) is 0 Å². The van der Waals surface area contributed by atoms with E-state index in [9.17, 15) is 4.79 Å². The first-order valence-electron chi connectivity index (χ1n) is 4.47. The molecule has 0 amide bonds. The van der Waals surface area contributed by atoms with Crippen LogP contribution in [0.2, 0.25) is 0 Å². The molecule has 0 aromatic rings. The molecule has 3 nitrogen and oxygen atoms in total. The maximum absolute atomic E-state index is 10.8. The first kappa shape index (κ1) is 11.0. The molecule has 0 bridgehead atoms. The van der Waals surface area contributed by atoms with Gasteiger partial charge in [-0.1, -0.05) is 15.9 Å². The average Bonchev–Trinajstić information content (AvgIpc) is 2.12. The van der Waals surface area contributed by atoms with Gasteiger partial charge in [-0.3, -0.25) is 4.79 Å². The Kier molecular flexibility index (Phi) is 3.74. The van der Waals surface area contributed by atoms with E-state index in [-0.39, 0.29) is 11.0 Å². The highest BCUT2D eigenvalue weighted by molar-refractivity contribution is 9.09. The summed E-state index contributed by atoms with van der Waals surface area (Å²) in [5.41, 5.74) is -0.436. The summed E-state index contributed by atoms with van der Waals surface area (Å²) in [5.74, 6) is -0.237. The molecule has 2 atom stereocenters. The highest BCUT2D eigenvalue weighted by Crippen LogP contribution is 2.27. The molecule has 0 aliphatic carbocycles. The van der Waals surface area contributed by atoms with Gasteiger partial charge in [-0.15, -0.1) is 0 Å². The fraction of sp³-hybridized carbons (Fsp3) is 0.889. The molecule has 0 aromatic carbocycles. The number of hydrogen-bond donors (Lipinski definition) is 0. The van der Waals surface area contributed by atoms with E-state index >= 15 is 0 Å². The summed E-state index contributed by atoms with van der Waals surface area (Å²) in [6, 6.07) is 0. The highest BCUT2D eigenvalue weighted by atomic mass is 79.9. The molecule has 1 rings (SSSR count). The van der Waals surface area contributed by atoms with Gasteiger partial charge in [0.15, 0.2) is 0 Å². The lowest BCUT2D eigenvalue weighted by Crippen LogP contribution is -2.35. The standard InChI is InChI=1S/C9H15BrO3/c1-7(11)13-9(2)5-3-4-8(10)12-6-9/h8H,3-6H2,1-2H3. The Morgan fingerprint density at radius 3 is 3.00 bits per heavy atom. The van der Waals surface area contributed by atoms with Crippen LogP contribution in [0.4, 0.5) is 0 Å². The summed E-state index contributed by atoms with van der Waals surface area (Å²) < 4.78 is 10.7. The van der Waals surface area contributed by atoms with Crippen LogP contribution in [0.15, 0.2) is 0 Å². The van der Waals surface area contributed by atoms with E-state index in [0.29, 0.717) is 6.61 Å². The van der Waals surface area contributed by atoms with E-state index in [0.717, 1.165) is 19.3 Å². The van der Waals surface area contributed by atoms with Crippen molar-refractivity contribution >= 4 is 21.9 Å². The second-order valence-electron chi connectivity index (χ2n) is 3.66. The molecule has 76 valence electrons. The first-order chi connectivity index (χ1) is 6.02. The van der Waals surface area contributed by atoms with Crippen LogP contribution in [0.25, 0.3) is 0 Å². The molecule has 0 saturated carbocycles. The van der Waals surface area contributed by atoms with Crippen molar-refractivity contribution in [2.45, 2.75) is 43.7 Å². The van der Waals surface area contributed by atoms with Crippen LogP contribution in [0.1, 0.15) is 33.1 Å². The Balaban J connectivity index is 2.52. The van der Waals surface area contributed by atoms with Crippen LogP contribution in [0.5, 0.6) is 0 Å². The normalized spacial score (nSPS) is 35.2. The molecule has 0 radical (unpaired) electrons.